The van der Waals surface area contributed by atoms with Crippen LogP contribution >= 0.6 is 27.5 Å². The van der Waals surface area contributed by atoms with E-state index in [-0.39, 0.29) is 0 Å². The molecular formula is C14H13BrClN3. The van der Waals surface area contributed by atoms with Crippen molar-refractivity contribution in [3.8, 4) is 0 Å². The van der Waals surface area contributed by atoms with Gasteiger partial charge in [-0.15, -0.1) is 0 Å². The van der Waals surface area contributed by atoms with E-state index in [2.05, 4.69) is 31.9 Å². The van der Waals surface area contributed by atoms with E-state index >= 15 is 0 Å². The molecule has 3 rings (SSSR count). The average molecular weight is 339 g/mol. The van der Waals surface area contributed by atoms with E-state index in [1.165, 1.54) is 11.1 Å². The Morgan fingerprint density at radius 1 is 1.37 bits per heavy atom. The Morgan fingerprint density at radius 3 is 3.00 bits per heavy atom. The zero-order valence-electron chi connectivity index (χ0n) is 10.2. The summed E-state index contributed by atoms with van der Waals surface area (Å²) in [6.07, 6.45) is 2.66. The van der Waals surface area contributed by atoms with Gasteiger partial charge in [-0.25, -0.2) is 4.98 Å². The van der Waals surface area contributed by atoms with Crippen LogP contribution in [-0.4, -0.2) is 11.5 Å². The van der Waals surface area contributed by atoms with Crippen LogP contribution in [0.25, 0.3) is 0 Å². The van der Waals surface area contributed by atoms with Gasteiger partial charge in [-0.1, -0.05) is 23.7 Å². The Bertz CT molecular complexity index is 630. The maximum absolute atomic E-state index is 6.06. The standard InChI is InChI=1S/C14H13BrClN3/c15-12-6-10(16)7-18-14(12)19-5-4-9-2-1-3-13(17)11(9)8-19/h1-3,6-7H,4-5,8,17H2. The summed E-state index contributed by atoms with van der Waals surface area (Å²) in [7, 11) is 0. The molecule has 1 aliphatic heterocycles. The topological polar surface area (TPSA) is 42.1 Å². The van der Waals surface area contributed by atoms with E-state index in [1.54, 1.807) is 6.20 Å². The molecule has 0 saturated carbocycles. The van der Waals surface area contributed by atoms with E-state index < -0.39 is 0 Å². The number of aromatic nitrogens is 1. The first kappa shape index (κ1) is 12.8. The van der Waals surface area contributed by atoms with E-state index in [0.29, 0.717) is 5.02 Å². The van der Waals surface area contributed by atoms with Gasteiger partial charge < -0.3 is 10.6 Å². The SMILES string of the molecule is Nc1cccc2c1CN(c1ncc(Cl)cc1Br)CC2. The molecule has 0 bridgehead atoms. The first-order valence-electron chi connectivity index (χ1n) is 6.07. The van der Waals surface area contributed by atoms with Crippen molar-refractivity contribution in [2.75, 3.05) is 17.2 Å². The molecule has 1 aromatic heterocycles. The maximum atomic E-state index is 6.06. The third-order valence-corrected chi connectivity index (χ3v) is 4.19. The molecular weight excluding hydrogens is 326 g/mol. The third kappa shape index (κ3) is 2.42. The second kappa shape index (κ2) is 5.02. The van der Waals surface area contributed by atoms with Crippen molar-refractivity contribution in [3.05, 3.63) is 51.1 Å². The number of nitrogens with two attached hydrogens (primary N) is 1. The van der Waals surface area contributed by atoms with Gasteiger partial charge >= 0.3 is 0 Å². The lowest BCUT2D eigenvalue weighted by Crippen LogP contribution is -2.31. The fourth-order valence-corrected chi connectivity index (χ4v) is 3.32. The Labute approximate surface area is 125 Å². The molecule has 1 aliphatic rings. The lowest BCUT2D eigenvalue weighted by atomic mass is 9.98. The monoisotopic (exact) mass is 337 g/mol. The second-order valence-corrected chi connectivity index (χ2v) is 5.91. The Kier molecular flexibility index (Phi) is 3.37. The van der Waals surface area contributed by atoms with E-state index in [9.17, 15) is 0 Å². The largest absolute Gasteiger partial charge is 0.398 e. The van der Waals surface area contributed by atoms with Crippen LogP contribution in [0.3, 0.4) is 0 Å². The zero-order valence-corrected chi connectivity index (χ0v) is 12.6. The molecule has 2 heterocycles. The van der Waals surface area contributed by atoms with Crippen molar-refractivity contribution in [1.29, 1.82) is 0 Å². The van der Waals surface area contributed by atoms with Crippen LogP contribution in [0.5, 0.6) is 0 Å². The molecule has 5 heteroatoms. The molecule has 19 heavy (non-hydrogen) atoms. The molecule has 0 spiro atoms. The predicted octanol–water partition coefficient (Wildman–Crippen LogP) is 3.64. The van der Waals surface area contributed by atoms with Gasteiger partial charge in [0, 0.05) is 25.0 Å². The zero-order chi connectivity index (χ0) is 13.4. The van der Waals surface area contributed by atoms with Gasteiger partial charge in [0.05, 0.1) is 9.50 Å². The summed E-state index contributed by atoms with van der Waals surface area (Å²) >= 11 is 9.45. The molecule has 0 amide bonds. The lowest BCUT2D eigenvalue weighted by Gasteiger charge is -2.31. The molecule has 1 aromatic carbocycles. The molecule has 2 aromatic rings. The average Bonchev–Trinajstić information content (AvgIpc) is 2.39. The van der Waals surface area contributed by atoms with Gasteiger partial charge in [-0.3, -0.25) is 0 Å². The van der Waals surface area contributed by atoms with Crippen LogP contribution in [0.15, 0.2) is 34.9 Å². The maximum Gasteiger partial charge on any atom is 0.143 e. The first-order valence-corrected chi connectivity index (χ1v) is 7.24. The van der Waals surface area contributed by atoms with Gasteiger partial charge in [0.25, 0.3) is 0 Å². The van der Waals surface area contributed by atoms with Gasteiger partial charge in [-0.05, 0) is 45.6 Å². The lowest BCUT2D eigenvalue weighted by molar-refractivity contribution is 0.721. The molecule has 3 nitrogen and oxygen atoms in total. The predicted molar refractivity (Wildman–Crippen MR) is 82.6 cm³/mol. The smallest absolute Gasteiger partial charge is 0.143 e. The quantitative estimate of drug-likeness (QED) is 0.807. The molecule has 0 aliphatic carbocycles. The number of halogens is 2. The van der Waals surface area contributed by atoms with Crippen LogP contribution in [-0.2, 0) is 13.0 Å². The molecule has 0 radical (unpaired) electrons. The van der Waals surface area contributed by atoms with Crippen molar-refractivity contribution in [2.45, 2.75) is 13.0 Å². The first-order chi connectivity index (χ1) is 9.15. The fraction of sp³-hybridized carbons (Fsp3) is 0.214. The highest BCUT2D eigenvalue weighted by atomic mass is 79.9. The normalized spacial score (nSPS) is 14.3. The van der Waals surface area contributed by atoms with Gasteiger partial charge in [0.15, 0.2) is 0 Å². The van der Waals surface area contributed by atoms with E-state index in [1.807, 2.05) is 18.2 Å². The number of anilines is 2. The van der Waals surface area contributed by atoms with Gasteiger partial charge in [-0.2, -0.15) is 0 Å². The molecule has 0 atom stereocenters. The minimum absolute atomic E-state index is 0.632. The Balaban J connectivity index is 1.95. The molecule has 2 N–H and O–H groups in total. The van der Waals surface area contributed by atoms with Crippen LogP contribution in [0, 0.1) is 0 Å². The number of nitrogen functional groups attached to an aromatic ring is 1. The summed E-state index contributed by atoms with van der Waals surface area (Å²) in [4.78, 5) is 6.63. The van der Waals surface area contributed by atoms with Crippen molar-refractivity contribution in [3.63, 3.8) is 0 Å². The molecule has 0 saturated heterocycles. The van der Waals surface area contributed by atoms with E-state index in [4.69, 9.17) is 17.3 Å². The number of nitrogens with zero attached hydrogens (tertiary/aromatic N) is 2. The van der Waals surface area contributed by atoms with Gasteiger partial charge in [0.1, 0.15) is 5.82 Å². The highest BCUT2D eigenvalue weighted by Crippen LogP contribution is 2.32. The Morgan fingerprint density at radius 2 is 2.21 bits per heavy atom. The molecule has 0 unspecified atom stereocenters. The van der Waals surface area contributed by atoms with Crippen molar-refractivity contribution < 1.29 is 0 Å². The van der Waals surface area contributed by atoms with Crippen molar-refractivity contribution in [2.24, 2.45) is 0 Å². The van der Waals surface area contributed by atoms with Crippen LogP contribution in [0.4, 0.5) is 11.5 Å². The summed E-state index contributed by atoms with van der Waals surface area (Å²) in [5.74, 6) is 0.915. The number of pyridine rings is 1. The van der Waals surface area contributed by atoms with Crippen molar-refractivity contribution in [1.82, 2.24) is 4.98 Å². The summed E-state index contributed by atoms with van der Waals surface area (Å²) in [6, 6.07) is 7.98. The number of benzene rings is 1. The Hall–Kier alpha value is -1.26. The van der Waals surface area contributed by atoms with Gasteiger partial charge in [0.2, 0.25) is 0 Å². The molecule has 98 valence electrons. The highest BCUT2D eigenvalue weighted by molar-refractivity contribution is 9.10. The number of rotatable bonds is 1. The van der Waals surface area contributed by atoms with Crippen LogP contribution in [0.1, 0.15) is 11.1 Å². The van der Waals surface area contributed by atoms with Crippen molar-refractivity contribution >= 4 is 39.0 Å². The summed E-state index contributed by atoms with van der Waals surface area (Å²) in [5, 5.41) is 0.632. The number of hydrogen-bond acceptors (Lipinski definition) is 3. The highest BCUT2D eigenvalue weighted by Gasteiger charge is 2.20. The second-order valence-electron chi connectivity index (χ2n) is 4.62. The minimum Gasteiger partial charge on any atom is -0.398 e. The third-order valence-electron chi connectivity index (χ3n) is 3.40. The summed E-state index contributed by atoms with van der Waals surface area (Å²) < 4.78 is 0.915. The fourth-order valence-electron chi connectivity index (χ4n) is 2.43. The molecule has 0 fully saturated rings. The summed E-state index contributed by atoms with van der Waals surface area (Å²) in [6.45, 7) is 1.72. The summed E-state index contributed by atoms with van der Waals surface area (Å²) in [5.41, 5.74) is 9.46. The van der Waals surface area contributed by atoms with Crippen LogP contribution in [0.2, 0.25) is 5.02 Å². The number of hydrogen-bond donors (Lipinski definition) is 1. The van der Waals surface area contributed by atoms with Crippen LogP contribution < -0.4 is 10.6 Å². The number of fused-ring (bicyclic) bond motifs is 1. The minimum atomic E-state index is 0.632. The van der Waals surface area contributed by atoms with E-state index in [0.717, 1.165) is 35.5 Å².